The number of carbonyl (C=O) groups excluding carboxylic acids is 1. The fourth-order valence-corrected chi connectivity index (χ4v) is 7.16. The Balaban J connectivity index is 2.29. The van der Waals surface area contributed by atoms with Crippen LogP contribution < -0.4 is 14.4 Å². The number of amides is 1. The Bertz CT molecular complexity index is 789. The van der Waals surface area contributed by atoms with E-state index in [0.29, 0.717) is 11.5 Å². The van der Waals surface area contributed by atoms with Crippen molar-refractivity contribution >= 4 is 54.0 Å². The number of rotatable bonds is 10. The quantitative estimate of drug-likeness (QED) is 0.277. The zero-order valence-electron chi connectivity index (χ0n) is 16.1. The van der Waals surface area contributed by atoms with Gasteiger partial charge in [-0.1, -0.05) is 0 Å². The van der Waals surface area contributed by atoms with Crippen molar-refractivity contribution in [2.24, 2.45) is 5.92 Å². The average Bonchev–Trinajstić information content (AvgIpc) is 2.65. The van der Waals surface area contributed by atoms with Crippen molar-refractivity contribution in [3.63, 3.8) is 0 Å². The molecule has 0 spiro atoms. The van der Waals surface area contributed by atoms with E-state index in [9.17, 15) is 9.36 Å². The van der Waals surface area contributed by atoms with Gasteiger partial charge in [-0.05, 0) is 0 Å². The van der Waals surface area contributed by atoms with Crippen molar-refractivity contribution in [2.75, 3.05) is 0 Å². The number of nitrogens with one attached hydrogen (secondary N) is 1. The van der Waals surface area contributed by atoms with Gasteiger partial charge >= 0.3 is 187 Å². The SMILES string of the molecule is CC(C)C(NC(=O)C[CH2][Ge]([Cl])([Cl])[Cl])P(=O)(Oc1ccccc1)Oc1ccccc1. The molecule has 0 bridgehead atoms. The van der Waals surface area contributed by atoms with Crippen LogP contribution in [0.3, 0.4) is 0 Å². The molecule has 0 radical (unpaired) electrons. The van der Waals surface area contributed by atoms with Gasteiger partial charge in [0.2, 0.25) is 0 Å². The zero-order valence-corrected chi connectivity index (χ0v) is 21.3. The molecule has 1 N–H and O–H groups in total. The Morgan fingerprint density at radius 2 is 1.41 bits per heavy atom. The van der Waals surface area contributed by atoms with Gasteiger partial charge in [0.1, 0.15) is 0 Å². The van der Waals surface area contributed by atoms with Gasteiger partial charge in [-0.15, -0.1) is 0 Å². The van der Waals surface area contributed by atoms with Gasteiger partial charge in [0.15, 0.2) is 0 Å². The summed E-state index contributed by atoms with van der Waals surface area (Å²) in [4.78, 5) is 12.5. The van der Waals surface area contributed by atoms with Crippen LogP contribution >= 0.6 is 37.6 Å². The van der Waals surface area contributed by atoms with Crippen LogP contribution in [0.15, 0.2) is 60.7 Å². The molecule has 0 heterocycles. The summed E-state index contributed by atoms with van der Waals surface area (Å²) in [7, 11) is 10.5. The van der Waals surface area contributed by atoms with E-state index in [0.717, 1.165) is 0 Å². The van der Waals surface area contributed by atoms with Crippen LogP contribution in [0.1, 0.15) is 20.3 Å². The Hall–Kier alpha value is -0.847. The van der Waals surface area contributed by atoms with Crippen LogP contribution in [-0.4, -0.2) is 22.2 Å². The van der Waals surface area contributed by atoms with Crippen molar-refractivity contribution in [2.45, 2.75) is 31.3 Å². The number of para-hydroxylation sites is 2. The predicted octanol–water partition coefficient (Wildman–Crippen LogP) is 6.48. The first kappa shape index (κ1) is 24.4. The normalized spacial score (nSPS) is 13.0. The molecule has 0 saturated heterocycles. The van der Waals surface area contributed by atoms with Gasteiger partial charge in [-0.2, -0.15) is 0 Å². The first-order valence-electron chi connectivity index (χ1n) is 9.04. The molecular weight excluding hydrogens is 516 g/mol. The molecule has 0 fully saturated rings. The minimum atomic E-state index is -3.86. The number of carbonyl (C=O) groups is 1. The predicted molar refractivity (Wildman–Crippen MR) is 121 cm³/mol. The van der Waals surface area contributed by atoms with Crippen LogP contribution in [0.2, 0.25) is 5.25 Å². The third-order valence-corrected chi connectivity index (χ3v) is 10.9. The van der Waals surface area contributed by atoms with Crippen molar-refractivity contribution < 1.29 is 18.4 Å². The van der Waals surface area contributed by atoms with Crippen molar-refractivity contribution in [3.05, 3.63) is 60.7 Å². The molecule has 0 aliphatic rings. The standard InChI is InChI=1S/C19H23Cl3GeNO4P/c1-15(2)19(24-18(25)13-14-23(20,21)22)29(26,27-16-9-5-3-6-10-16)28-17-11-7-4-8-12-17/h3-12,15,19H,13-14H2,1-2H3,(H,24,25). The molecular formula is C19H23Cl3GeNO4P. The summed E-state index contributed by atoms with van der Waals surface area (Å²) >= 11 is 0. The maximum absolute atomic E-state index is 13.9. The summed E-state index contributed by atoms with van der Waals surface area (Å²) in [5.41, 5.74) is 0. The molecule has 1 unspecified atom stereocenters. The molecule has 1 atom stereocenters. The van der Waals surface area contributed by atoms with E-state index >= 15 is 0 Å². The molecule has 0 aliphatic heterocycles. The van der Waals surface area contributed by atoms with E-state index in [4.69, 9.17) is 39.1 Å². The number of benzene rings is 2. The number of hydrogen-bond acceptors (Lipinski definition) is 4. The molecule has 2 aromatic carbocycles. The van der Waals surface area contributed by atoms with Gasteiger partial charge in [0, 0.05) is 0 Å². The summed E-state index contributed by atoms with van der Waals surface area (Å²) < 4.78 is 25.6. The van der Waals surface area contributed by atoms with E-state index in [2.05, 4.69) is 5.32 Å². The summed E-state index contributed by atoms with van der Waals surface area (Å²) in [6, 6.07) is 17.4. The molecule has 2 aromatic rings. The molecule has 2 rings (SSSR count). The topological polar surface area (TPSA) is 64.6 Å². The Morgan fingerprint density at radius 3 is 1.79 bits per heavy atom. The fourth-order valence-electron chi connectivity index (χ4n) is 2.49. The summed E-state index contributed by atoms with van der Waals surface area (Å²) in [5.74, 6) is -0.745. The third kappa shape index (κ3) is 8.43. The van der Waals surface area contributed by atoms with Crippen molar-refractivity contribution in [1.82, 2.24) is 5.32 Å². The molecule has 158 valence electrons. The second kappa shape index (κ2) is 11.0. The van der Waals surface area contributed by atoms with Crippen LogP contribution in [0.5, 0.6) is 11.5 Å². The summed E-state index contributed by atoms with van der Waals surface area (Å²) in [6.45, 7) is 3.65. The molecule has 10 heteroatoms. The van der Waals surface area contributed by atoms with Crippen LogP contribution in [0.4, 0.5) is 0 Å². The van der Waals surface area contributed by atoms with Crippen LogP contribution in [0, 0.1) is 5.92 Å². The van der Waals surface area contributed by atoms with Crippen LogP contribution in [0.25, 0.3) is 0 Å². The maximum atomic E-state index is 13.9. The van der Waals surface area contributed by atoms with Crippen LogP contribution in [-0.2, 0) is 9.36 Å². The third-order valence-electron chi connectivity index (χ3n) is 3.87. The Kier molecular flexibility index (Phi) is 9.24. The monoisotopic (exact) mass is 539 g/mol. The fraction of sp³-hybridized carbons (Fsp3) is 0.316. The first-order chi connectivity index (χ1) is 13.6. The van der Waals surface area contributed by atoms with Gasteiger partial charge in [0.05, 0.1) is 0 Å². The van der Waals surface area contributed by atoms with Gasteiger partial charge in [-0.3, -0.25) is 0 Å². The van der Waals surface area contributed by atoms with E-state index in [1.54, 1.807) is 48.5 Å². The zero-order chi connectivity index (χ0) is 21.5. The average molecular weight is 539 g/mol. The number of halogens is 3. The summed E-state index contributed by atoms with van der Waals surface area (Å²) in [5, 5.41) is 2.99. The molecule has 1 amide bonds. The second-order valence-electron chi connectivity index (χ2n) is 6.72. The Morgan fingerprint density at radius 1 is 0.966 bits per heavy atom. The van der Waals surface area contributed by atoms with Gasteiger partial charge in [0.25, 0.3) is 0 Å². The molecule has 5 nitrogen and oxygen atoms in total. The van der Waals surface area contributed by atoms with Gasteiger partial charge < -0.3 is 0 Å². The van der Waals surface area contributed by atoms with E-state index in [1.165, 1.54) is 0 Å². The van der Waals surface area contributed by atoms with Crippen molar-refractivity contribution in [1.29, 1.82) is 0 Å². The summed E-state index contributed by atoms with van der Waals surface area (Å²) in [6.07, 6.45) is 0.0381. The second-order valence-corrected chi connectivity index (χ2v) is 25.4. The molecule has 0 aliphatic carbocycles. The van der Waals surface area contributed by atoms with Gasteiger partial charge in [-0.25, -0.2) is 0 Å². The van der Waals surface area contributed by atoms with E-state index in [1.807, 2.05) is 26.0 Å². The minimum absolute atomic E-state index is 0.0381. The van der Waals surface area contributed by atoms with E-state index in [-0.39, 0.29) is 23.5 Å². The van der Waals surface area contributed by atoms with Crippen molar-refractivity contribution in [3.8, 4) is 11.5 Å². The molecule has 0 saturated carbocycles. The molecule has 0 aromatic heterocycles. The van der Waals surface area contributed by atoms with E-state index < -0.39 is 23.9 Å². The first-order valence-corrected chi connectivity index (χ1v) is 20.4. The Labute approximate surface area is 186 Å². The molecule has 29 heavy (non-hydrogen) atoms. The number of hydrogen-bond donors (Lipinski definition) is 1.